The smallest absolute Gasteiger partial charge is 0.191 e. The van der Waals surface area contributed by atoms with E-state index < -0.39 is 0 Å². The molecule has 27 heavy (non-hydrogen) atoms. The van der Waals surface area contributed by atoms with Gasteiger partial charge in [0.1, 0.15) is 5.75 Å². The molecular formula is C22H25N3OS. The minimum Gasteiger partial charge on any atom is -0.496 e. The van der Waals surface area contributed by atoms with Crippen molar-refractivity contribution >= 4 is 11.8 Å². The van der Waals surface area contributed by atoms with E-state index in [0.717, 1.165) is 41.0 Å². The molecule has 140 valence electrons. The molecule has 2 aromatic carbocycles. The molecule has 0 unspecified atom stereocenters. The van der Waals surface area contributed by atoms with Crippen LogP contribution in [0.2, 0.25) is 0 Å². The van der Waals surface area contributed by atoms with Crippen molar-refractivity contribution in [1.82, 2.24) is 14.8 Å². The summed E-state index contributed by atoms with van der Waals surface area (Å²) in [4.78, 5) is 0. The topological polar surface area (TPSA) is 39.9 Å². The second-order valence-corrected chi connectivity index (χ2v) is 7.47. The van der Waals surface area contributed by atoms with Crippen molar-refractivity contribution in [2.24, 2.45) is 0 Å². The molecule has 0 bridgehead atoms. The number of thioether (sulfide) groups is 1. The Morgan fingerprint density at radius 2 is 1.78 bits per heavy atom. The second kappa shape index (κ2) is 9.42. The molecule has 0 amide bonds. The molecule has 3 rings (SSSR count). The maximum Gasteiger partial charge on any atom is 0.191 e. The highest BCUT2D eigenvalue weighted by atomic mass is 32.2. The standard InChI is InChI=1S/C22H25N3OS/c1-17(2)14-16-27-22-24-23-21(19-11-7-8-12-20(19)26-3)25(22)15-13-18-9-5-4-6-10-18/h4-12,14H,13,15-16H2,1-3H3. The summed E-state index contributed by atoms with van der Waals surface area (Å²) in [5, 5.41) is 9.90. The second-order valence-electron chi connectivity index (χ2n) is 6.49. The number of nitrogens with zero attached hydrogens (tertiary/aromatic N) is 3. The zero-order valence-electron chi connectivity index (χ0n) is 16.1. The van der Waals surface area contributed by atoms with Gasteiger partial charge in [-0.05, 0) is 38.0 Å². The van der Waals surface area contributed by atoms with Crippen LogP contribution in [0.5, 0.6) is 5.75 Å². The number of aromatic nitrogens is 3. The number of methoxy groups -OCH3 is 1. The van der Waals surface area contributed by atoms with Gasteiger partial charge in [0.05, 0.1) is 12.7 Å². The van der Waals surface area contributed by atoms with Gasteiger partial charge in [0, 0.05) is 12.3 Å². The van der Waals surface area contributed by atoms with Crippen LogP contribution in [0.4, 0.5) is 0 Å². The first-order valence-corrected chi connectivity index (χ1v) is 10.0. The van der Waals surface area contributed by atoms with E-state index in [4.69, 9.17) is 4.74 Å². The normalized spacial score (nSPS) is 10.6. The van der Waals surface area contributed by atoms with Crippen LogP contribution in [-0.4, -0.2) is 27.6 Å². The fourth-order valence-corrected chi connectivity index (χ4v) is 3.79. The van der Waals surface area contributed by atoms with Crippen LogP contribution in [0.15, 0.2) is 71.4 Å². The third-order valence-corrected chi connectivity index (χ3v) is 5.13. The number of allylic oxidation sites excluding steroid dienone is 1. The molecule has 0 fully saturated rings. The van der Waals surface area contributed by atoms with Crippen molar-refractivity contribution in [2.45, 2.75) is 32.0 Å². The van der Waals surface area contributed by atoms with Crippen LogP contribution in [0.3, 0.4) is 0 Å². The maximum absolute atomic E-state index is 5.54. The minimum atomic E-state index is 0.812. The quantitative estimate of drug-likeness (QED) is 0.396. The average Bonchev–Trinajstić information content (AvgIpc) is 3.09. The van der Waals surface area contributed by atoms with E-state index >= 15 is 0 Å². The van der Waals surface area contributed by atoms with Crippen molar-refractivity contribution in [2.75, 3.05) is 12.9 Å². The van der Waals surface area contributed by atoms with Gasteiger partial charge in [0.2, 0.25) is 0 Å². The Kier molecular flexibility index (Phi) is 6.71. The highest BCUT2D eigenvalue weighted by Crippen LogP contribution is 2.31. The van der Waals surface area contributed by atoms with Gasteiger partial charge in [0.15, 0.2) is 11.0 Å². The number of rotatable bonds is 8. The Morgan fingerprint density at radius 1 is 1.04 bits per heavy atom. The highest BCUT2D eigenvalue weighted by Gasteiger charge is 2.17. The van der Waals surface area contributed by atoms with Gasteiger partial charge in [-0.15, -0.1) is 10.2 Å². The van der Waals surface area contributed by atoms with Gasteiger partial charge >= 0.3 is 0 Å². The maximum atomic E-state index is 5.54. The fraction of sp³-hybridized carbons (Fsp3) is 0.273. The van der Waals surface area contributed by atoms with E-state index in [1.54, 1.807) is 18.9 Å². The summed E-state index contributed by atoms with van der Waals surface area (Å²) in [6, 6.07) is 18.5. The third-order valence-electron chi connectivity index (χ3n) is 4.24. The van der Waals surface area contributed by atoms with Gasteiger partial charge in [-0.1, -0.05) is 65.9 Å². The Hall–Kier alpha value is -2.53. The molecule has 0 N–H and O–H groups in total. The van der Waals surface area contributed by atoms with Crippen LogP contribution in [0.1, 0.15) is 19.4 Å². The fourth-order valence-electron chi connectivity index (χ4n) is 2.79. The molecule has 3 aromatic rings. The number of hydrogen-bond acceptors (Lipinski definition) is 4. The summed E-state index contributed by atoms with van der Waals surface area (Å²) in [5.41, 5.74) is 3.58. The number of ether oxygens (including phenoxy) is 1. The van der Waals surface area contributed by atoms with Crippen molar-refractivity contribution in [3.8, 4) is 17.1 Å². The molecule has 1 heterocycles. The molecular weight excluding hydrogens is 354 g/mol. The number of hydrogen-bond donors (Lipinski definition) is 0. The lowest BCUT2D eigenvalue weighted by atomic mass is 10.1. The van der Waals surface area contributed by atoms with E-state index in [2.05, 4.69) is 59.0 Å². The summed E-state index contributed by atoms with van der Waals surface area (Å²) >= 11 is 1.71. The van der Waals surface area contributed by atoms with E-state index in [1.165, 1.54) is 11.1 Å². The molecule has 0 radical (unpaired) electrons. The van der Waals surface area contributed by atoms with Crippen molar-refractivity contribution < 1.29 is 4.74 Å². The SMILES string of the molecule is COc1ccccc1-c1nnc(SCC=C(C)C)n1CCc1ccccc1. The Labute approximate surface area is 165 Å². The van der Waals surface area contributed by atoms with Crippen LogP contribution in [0.25, 0.3) is 11.4 Å². The van der Waals surface area contributed by atoms with Crippen LogP contribution in [0, 0.1) is 0 Å². The molecule has 0 aliphatic rings. The molecule has 0 aliphatic carbocycles. The number of benzene rings is 2. The monoisotopic (exact) mass is 379 g/mol. The zero-order valence-corrected chi connectivity index (χ0v) is 16.9. The molecule has 0 saturated heterocycles. The predicted molar refractivity (Wildman–Crippen MR) is 112 cm³/mol. The first-order valence-electron chi connectivity index (χ1n) is 9.05. The molecule has 5 heteroatoms. The van der Waals surface area contributed by atoms with Crippen molar-refractivity contribution in [1.29, 1.82) is 0 Å². The first kappa shape index (κ1) is 19.2. The average molecular weight is 380 g/mol. The van der Waals surface area contributed by atoms with Crippen LogP contribution >= 0.6 is 11.8 Å². The summed E-state index contributed by atoms with van der Waals surface area (Å²) < 4.78 is 7.74. The van der Waals surface area contributed by atoms with Gasteiger partial charge in [0.25, 0.3) is 0 Å². The van der Waals surface area contributed by atoms with Gasteiger partial charge in [-0.25, -0.2) is 0 Å². The lowest BCUT2D eigenvalue weighted by molar-refractivity contribution is 0.415. The van der Waals surface area contributed by atoms with Crippen LogP contribution in [-0.2, 0) is 13.0 Å². The van der Waals surface area contributed by atoms with Gasteiger partial charge < -0.3 is 9.30 Å². The van der Waals surface area contributed by atoms with Crippen molar-refractivity contribution in [3.63, 3.8) is 0 Å². The van der Waals surface area contributed by atoms with E-state index in [9.17, 15) is 0 Å². The highest BCUT2D eigenvalue weighted by molar-refractivity contribution is 7.99. The lowest BCUT2D eigenvalue weighted by Crippen LogP contribution is -2.06. The summed E-state index contributed by atoms with van der Waals surface area (Å²) in [6.07, 6.45) is 3.14. The molecule has 0 saturated carbocycles. The minimum absolute atomic E-state index is 0.812. The summed E-state index contributed by atoms with van der Waals surface area (Å²) in [7, 11) is 1.69. The van der Waals surface area contributed by atoms with Gasteiger partial charge in [-0.3, -0.25) is 0 Å². The predicted octanol–water partition coefficient (Wildman–Crippen LogP) is 5.25. The van der Waals surface area contributed by atoms with Crippen molar-refractivity contribution in [3.05, 3.63) is 71.8 Å². The lowest BCUT2D eigenvalue weighted by Gasteiger charge is -2.12. The van der Waals surface area contributed by atoms with E-state index in [0.29, 0.717) is 0 Å². The van der Waals surface area contributed by atoms with Gasteiger partial charge in [-0.2, -0.15) is 0 Å². The Bertz CT molecular complexity index is 899. The molecule has 4 nitrogen and oxygen atoms in total. The zero-order chi connectivity index (χ0) is 19.1. The first-order chi connectivity index (χ1) is 13.2. The molecule has 0 spiro atoms. The largest absolute Gasteiger partial charge is 0.496 e. The molecule has 0 aliphatic heterocycles. The Balaban J connectivity index is 1.92. The molecule has 0 atom stereocenters. The molecule has 1 aromatic heterocycles. The summed E-state index contributed by atoms with van der Waals surface area (Å²) in [5.74, 6) is 2.55. The Morgan fingerprint density at radius 3 is 2.52 bits per heavy atom. The van der Waals surface area contributed by atoms with E-state index in [1.807, 2.05) is 30.3 Å². The van der Waals surface area contributed by atoms with Crippen LogP contribution < -0.4 is 4.74 Å². The number of para-hydroxylation sites is 1. The van der Waals surface area contributed by atoms with E-state index in [-0.39, 0.29) is 0 Å². The summed E-state index contributed by atoms with van der Waals surface area (Å²) in [6.45, 7) is 5.05. The number of aryl methyl sites for hydroxylation is 1. The third kappa shape index (κ3) is 5.01.